The van der Waals surface area contributed by atoms with E-state index in [-0.39, 0.29) is 23.0 Å². The van der Waals surface area contributed by atoms with Crippen LogP contribution < -0.4 is 9.47 Å². The summed E-state index contributed by atoms with van der Waals surface area (Å²) in [5, 5.41) is 17.4. The van der Waals surface area contributed by atoms with Gasteiger partial charge >= 0.3 is 0 Å². The number of hydrogen-bond donors (Lipinski definition) is 1. The number of rotatable bonds is 6. The number of amides is 1. The Kier molecular flexibility index (Phi) is 7.81. The molecule has 2 aromatic carbocycles. The number of amidine groups is 2. The van der Waals surface area contributed by atoms with E-state index >= 15 is 0 Å². The van der Waals surface area contributed by atoms with Crippen molar-refractivity contribution in [2.75, 3.05) is 7.11 Å². The molecule has 1 aliphatic carbocycles. The molecule has 192 valence electrons. The van der Waals surface area contributed by atoms with Crippen molar-refractivity contribution in [2.24, 2.45) is 16.0 Å². The van der Waals surface area contributed by atoms with Crippen LogP contribution in [-0.4, -0.2) is 34.1 Å². The van der Waals surface area contributed by atoms with Crippen LogP contribution in [0.4, 0.5) is 0 Å². The molecular weight excluding hydrogens is 555 g/mol. The SMILES string of the molecule is COc1cc(/C=C2/C(=N)N3N=C(C4CCCCC4)SC3=NC2=O)cc(Cl)c1OCc1ccc(Cl)cc1Cl. The highest BCUT2D eigenvalue weighted by atomic mass is 35.5. The molecule has 0 saturated heterocycles. The molecule has 1 N–H and O–H groups in total. The fraction of sp³-hybridized carbons (Fsp3) is 0.308. The maximum absolute atomic E-state index is 12.9. The number of methoxy groups -OCH3 is 1. The van der Waals surface area contributed by atoms with Crippen LogP contribution in [0.3, 0.4) is 0 Å². The third-order valence-corrected chi connectivity index (χ3v) is 8.31. The molecule has 2 heterocycles. The van der Waals surface area contributed by atoms with Gasteiger partial charge in [0.2, 0.25) is 5.17 Å². The Morgan fingerprint density at radius 1 is 1.14 bits per heavy atom. The van der Waals surface area contributed by atoms with Gasteiger partial charge in [-0.3, -0.25) is 10.2 Å². The number of benzene rings is 2. The van der Waals surface area contributed by atoms with Gasteiger partial charge < -0.3 is 9.47 Å². The average Bonchev–Trinajstić information content (AvgIpc) is 3.31. The molecule has 2 aliphatic heterocycles. The van der Waals surface area contributed by atoms with Gasteiger partial charge in [-0.15, -0.1) is 0 Å². The molecule has 0 spiro atoms. The Hall–Kier alpha value is -2.52. The minimum Gasteiger partial charge on any atom is -0.493 e. The summed E-state index contributed by atoms with van der Waals surface area (Å²) in [5.41, 5.74) is 1.42. The second kappa shape index (κ2) is 11.1. The fourth-order valence-electron chi connectivity index (χ4n) is 4.44. The number of hydrazone groups is 1. The molecule has 11 heteroatoms. The van der Waals surface area contributed by atoms with Gasteiger partial charge in [0.25, 0.3) is 5.91 Å². The van der Waals surface area contributed by atoms with Crippen LogP contribution in [0.5, 0.6) is 11.5 Å². The summed E-state index contributed by atoms with van der Waals surface area (Å²) in [7, 11) is 1.50. The van der Waals surface area contributed by atoms with Gasteiger partial charge in [-0.1, -0.05) is 60.1 Å². The molecule has 2 aromatic rings. The zero-order valence-electron chi connectivity index (χ0n) is 19.9. The summed E-state index contributed by atoms with van der Waals surface area (Å²) in [4.78, 5) is 17.1. The predicted octanol–water partition coefficient (Wildman–Crippen LogP) is 7.43. The first kappa shape index (κ1) is 26.1. The van der Waals surface area contributed by atoms with Crippen LogP contribution in [0.15, 0.2) is 46.0 Å². The first-order chi connectivity index (χ1) is 17.8. The number of fused-ring (bicyclic) bond motifs is 1. The number of aliphatic imine (C=N–C) groups is 1. The Balaban J connectivity index is 1.38. The lowest BCUT2D eigenvalue weighted by molar-refractivity contribution is -0.114. The van der Waals surface area contributed by atoms with Crippen LogP contribution in [0.1, 0.15) is 43.2 Å². The van der Waals surface area contributed by atoms with E-state index in [1.807, 2.05) is 0 Å². The molecular formula is C26H23Cl3N4O3S. The second-order valence-electron chi connectivity index (χ2n) is 8.85. The number of halogens is 3. The normalized spacial score (nSPS) is 19.1. The van der Waals surface area contributed by atoms with E-state index in [0.29, 0.717) is 38.2 Å². The quantitative estimate of drug-likeness (QED) is 0.361. The molecule has 1 fully saturated rings. The molecule has 0 atom stereocenters. The smallest absolute Gasteiger partial charge is 0.283 e. The summed E-state index contributed by atoms with van der Waals surface area (Å²) in [5.74, 6) is 0.566. The van der Waals surface area contributed by atoms with E-state index in [2.05, 4.69) is 10.1 Å². The first-order valence-electron chi connectivity index (χ1n) is 11.8. The van der Waals surface area contributed by atoms with Crippen molar-refractivity contribution >= 4 is 74.6 Å². The summed E-state index contributed by atoms with van der Waals surface area (Å²) >= 11 is 20.1. The molecule has 1 amide bonds. The highest BCUT2D eigenvalue weighted by Crippen LogP contribution is 2.39. The largest absolute Gasteiger partial charge is 0.493 e. The lowest BCUT2D eigenvalue weighted by atomic mass is 9.90. The number of nitrogens with zero attached hydrogens (tertiary/aromatic N) is 3. The second-order valence-corrected chi connectivity index (χ2v) is 11.1. The van der Waals surface area contributed by atoms with Crippen LogP contribution in [0.25, 0.3) is 6.08 Å². The maximum Gasteiger partial charge on any atom is 0.283 e. The Morgan fingerprint density at radius 2 is 1.92 bits per heavy atom. The third kappa shape index (κ3) is 5.53. The van der Waals surface area contributed by atoms with Gasteiger partial charge in [-0.05, 0) is 60.5 Å². The third-order valence-electron chi connectivity index (χ3n) is 6.37. The van der Waals surface area contributed by atoms with E-state index in [0.717, 1.165) is 23.4 Å². The van der Waals surface area contributed by atoms with Crippen molar-refractivity contribution < 1.29 is 14.3 Å². The standard InChI is InChI=1S/C26H23Cl3N4O3S/c1-35-21-11-14(10-20(29)22(21)36-13-16-7-8-17(27)12-19(16)28)9-18-23(30)33-26(31-24(18)34)37-25(32-33)15-5-3-2-4-6-15/h7-12,15,30H,2-6,13H2,1H3/b18-9-,30-23?. The molecule has 0 radical (unpaired) electrons. The number of carbonyl (C=O) groups is 1. The fourth-order valence-corrected chi connectivity index (χ4v) is 6.24. The maximum atomic E-state index is 12.9. The zero-order chi connectivity index (χ0) is 26.1. The van der Waals surface area contributed by atoms with Crippen molar-refractivity contribution in [3.8, 4) is 11.5 Å². The number of nitrogens with one attached hydrogen (secondary N) is 1. The van der Waals surface area contributed by atoms with Crippen molar-refractivity contribution in [1.29, 1.82) is 5.41 Å². The van der Waals surface area contributed by atoms with Crippen molar-refractivity contribution in [3.63, 3.8) is 0 Å². The summed E-state index contributed by atoms with van der Waals surface area (Å²) in [6.07, 6.45) is 7.31. The average molecular weight is 578 g/mol. The van der Waals surface area contributed by atoms with Gasteiger partial charge in [0, 0.05) is 21.5 Å². The molecule has 0 unspecified atom stereocenters. The van der Waals surface area contributed by atoms with Crippen molar-refractivity contribution in [2.45, 2.75) is 38.7 Å². The summed E-state index contributed by atoms with van der Waals surface area (Å²) in [6, 6.07) is 8.47. The molecule has 0 aromatic heterocycles. The Labute approximate surface area is 234 Å². The lowest BCUT2D eigenvalue weighted by Crippen LogP contribution is -2.35. The lowest BCUT2D eigenvalue weighted by Gasteiger charge is -2.20. The summed E-state index contributed by atoms with van der Waals surface area (Å²) < 4.78 is 11.4. The number of carbonyl (C=O) groups excluding carboxylic acids is 1. The summed E-state index contributed by atoms with van der Waals surface area (Å²) in [6.45, 7) is 0.154. The van der Waals surface area contributed by atoms with Gasteiger partial charge in [0.15, 0.2) is 17.3 Å². The molecule has 5 rings (SSSR count). The van der Waals surface area contributed by atoms with Crippen molar-refractivity contribution in [1.82, 2.24) is 5.01 Å². The molecule has 3 aliphatic rings. The van der Waals surface area contributed by atoms with E-state index in [1.54, 1.807) is 36.4 Å². The highest BCUT2D eigenvalue weighted by Gasteiger charge is 2.38. The predicted molar refractivity (Wildman–Crippen MR) is 150 cm³/mol. The van der Waals surface area contributed by atoms with E-state index in [9.17, 15) is 4.79 Å². The van der Waals surface area contributed by atoms with E-state index < -0.39 is 5.91 Å². The Bertz CT molecular complexity index is 1370. The molecule has 1 saturated carbocycles. The Morgan fingerprint density at radius 3 is 2.65 bits per heavy atom. The van der Waals surface area contributed by atoms with Gasteiger partial charge in [-0.2, -0.15) is 15.1 Å². The molecule has 37 heavy (non-hydrogen) atoms. The van der Waals surface area contributed by atoms with Gasteiger partial charge in [0.05, 0.1) is 17.7 Å². The topological polar surface area (TPSA) is 87.3 Å². The minimum absolute atomic E-state index is 0.0129. The van der Waals surface area contributed by atoms with Gasteiger partial charge in [-0.25, -0.2) is 0 Å². The van der Waals surface area contributed by atoms with Crippen LogP contribution in [0, 0.1) is 11.3 Å². The number of ether oxygens (including phenoxy) is 2. The first-order valence-corrected chi connectivity index (χ1v) is 13.7. The highest BCUT2D eigenvalue weighted by molar-refractivity contribution is 8.27. The number of thioether (sulfide) groups is 1. The monoisotopic (exact) mass is 576 g/mol. The number of hydrogen-bond acceptors (Lipinski definition) is 6. The van der Waals surface area contributed by atoms with Gasteiger partial charge in [0.1, 0.15) is 11.7 Å². The van der Waals surface area contributed by atoms with Crippen molar-refractivity contribution in [3.05, 3.63) is 62.1 Å². The van der Waals surface area contributed by atoms with Crippen LogP contribution in [0.2, 0.25) is 15.1 Å². The van der Waals surface area contributed by atoms with Crippen LogP contribution >= 0.6 is 46.6 Å². The van der Waals surface area contributed by atoms with E-state index in [1.165, 1.54) is 43.1 Å². The van der Waals surface area contributed by atoms with E-state index in [4.69, 9.17) is 49.7 Å². The van der Waals surface area contributed by atoms with Crippen LogP contribution in [-0.2, 0) is 11.4 Å². The molecule has 7 nitrogen and oxygen atoms in total. The minimum atomic E-state index is -0.489. The zero-order valence-corrected chi connectivity index (χ0v) is 23.0. The molecule has 0 bridgehead atoms.